The highest BCUT2D eigenvalue weighted by Crippen LogP contribution is 2.18. The van der Waals surface area contributed by atoms with Gasteiger partial charge in [-0.3, -0.25) is 0 Å². The Hall–Kier alpha value is -1.09. The van der Waals surface area contributed by atoms with Gasteiger partial charge in [-0.15, -0.1) is 0 Å². The summed E-state index contributed by atoms with van der Waals surface area (Å²) in [6.45, 7) is 4.52. The average molecular weight is 211 g/mol. The second-order valence-corrected chi connectivity index (χ2v) is 3.67. The molecular weight excluding hydrogens is 193 g/mol. The summed E-state index contributed by atoms with van der Waals surface area (Å²) in [5, 5.41) is 0. The minimum Gasteiger partial charge on any atom is -0.491 e. The topological polar surface area (TPSA) is 35.2 Å². The molecule has 15 heavy (non-hydrogen) atoms. The van der Waals surface area contributed by atoms with Crippen LogP contribution in [-0.2, 0) is 6.42 Å². The summed E-state index contributed by atoms with van der Waals surface area (Å²) in [4.78, 5) is 0. The Bertz CT molecular complexity index is 314. The molecule has 0 amide bonds. The van der Waals surface area contributed by atoms with Crippen molar-refractivity contribution in [2.24, 2.45) is 5.73 Å². The first-order valence-corrected chi connectivity index (χ1v) is 5.32. The van der Waals surface area contributed by atoms with Crippen LogP contribution in [-0.4, -0.2) is 12.6 Å². The minimum atomic E-state index is -0.265. The average Bonchev–Trinajstić information content (AvgIpc) is 2.17. The highest BCUT2D eigenvalue weighted by molar-refractivity contribution is 5.30. The van der Waals surface area contributed by atoms with Crippen LogP contribution < -0.4 is 10.5 Å². The van der Waals surface area contributed by atoms with Crippen LogP contribution in [0.3, 0.4) is 0 Å². The molecule has 2 N–H and O–H groups in total. The number of hydrogen-bond donors (Lipinski definition) is 1. The Morgan fingerprint density at radius 3 is 2.73 bits per heavy atom. The van der Waals surface area contributed by atoms with E-state index in [1.165, 1.54) is 12.1 Å². The molecular formula is C12H18FNO. The van der Waals surface area contributed by atoms with E-state index < -0.39 is 0 Å². The van der Waals surface area contributed by atoms with Gasteiger partial charge in [0.15, 0.2) is 0 Å². The first-order chi connectivity index (χ1) is 7.15. The van der Waals surface area contributed by atoms with E-state index in [-0.39, 0.29) is 11.9 Å². The third-order valence-electron chi connectivity index (χ3n) is 2.28. The predicted octanol–water partition coefficient (Wildman–Crippen LogP) is 2.50. The molecule has 0 radical (unpaired) electrons. The van der Waals surface area contributed by atoms with E-state index in [9.17, 15) is 4.39 Å². The second kappa shape index (κ2) is 5.71. The molecule has 0 aliphatic heterocycles. The van der Waals surface area contributed by atoms with Crippen molar-refractivity contribution in [3.8, 4) is 5.75 Å². The monoisotopic (exact) mass is 211 g/mol. The molecule has 2 nitrogen and oxygen atoms in total. The Labute approximate surface area is 90.2 Å². The normalized spacial score (nSPS) is 12.5. The van der Waals surface area contributed by atoms with Gasteiger partial charge in [-0.2, -0.15) is 0 Å². The maximum Gasteiger partial charge on any atom is 0.127 e. The van der Waals surface area contributed by atoms with Crippen molar-refractivity contribution < 1.29 is 9.13 Å². The van der Waals surface area contributed by atoms with Crippen molar-refractivity contribution in [1.29, 1.82) is 0 Å². The Balaban J connectivity index is 2.78. The molecule has 1 aromatic rings. The fourth-order valence-electron chi connectivity index (χ4n) is 1.32. The summed E-state index contributed by atoms with van der Waals surface area (Å²) in [5.74, 6) is 0.326. The number of ether oxygens (including phenoxy) is 1. The maximum atomic E-state index is 13.2. The van der Waals surface area contributed by atoms with Crippen molar-refractivity contribution >= 4 is 0 Å². The zero-order valence-corrected chi connectivity index (χ0v) is 9.29. The van der Waals surface area contributed by atoms with Gasteiger partial charge in [0.25, 0.3) is 0 Å². The maximum absolute atomic E-state index is 13.2. The van der Waals surface area contributed by atoms with Crippen molar-refractivity contribution in [3.05, 3.63) is 29.6 Å². The lowest BCUT2D eigenvalue weighted by Crippen LogP contribution is -2.10. The van der Waals surface area contributed by atoms with E-state index in [2.05, 4.69) is 0 Å². The molecule has 0 saturated heterocycles. The number of nitrogens with two attached hydrogens (primary N) is 1. The van der Waals surface area contributed by atoms with E-state index in [1.807, 2.05) is 19.9 Å². The van der Waals surface area contributed by atoms with Crippen LogP contribution in [0.5, 0.6) is 5.75 Å². The smallest absolute Gasteiger partial charge is 0.127 e. The summed E-state index contributed by atoms with van der Waals surface area (Å²) in [6, 6.07) is 4.75. The van der Waals surface area contributed by atoms with Gasteiger partial charge in [0, 0.05) is 6.07 Å². The Morgan fingerprint density at radius 2 is 2.13 bits per heavy atom. The molecule has 0 aliphatic carbocycles. The largest absolute Gasteiger partial charge is 0.491 e. The fraction of sp³-hybridized carbons (Fsp3) is 0.500. The molecule has 0 saturated carbocycles. The molecule has 0 aromatic heterocycles. The highest BCUT2D eigenvalue weighted by atomic mass is 19.1. The third kappa shape index (κ3) is 3.88. The number of rotatable bonds is 5. The number of hydrogen-bond acceptors (Lipinski definition) is 2. The lowest BCUT2D eigenvalue weighted by Gasteiger charge is -2.13. The van der Waals surface area contributed by atoms with E-state index >= 15 is 0 Å². The third-order valence-corrected chi connectivity index (χ3v) is 2.28. The lowest BCUT2D eigenvalue weighted by atomic mass is 10.1. The van der Waals surface area contributed by atoms with Gasteiger partial charge in [0.1, 0.15) is 11.6 Å². The summed E-state index contributed by atoms with van der Waals surface area (Å²) < 4.78 is 18.7. The first-order valence-electron chi connectivity index (χ1n) is 5.32. The molecule has 1 rings (SSSR count). The first kappa shape index (κ1) is 12.0. The van der Waals surface area contributed by atoms with Gasteiger partial charge >= 0.3 is 0 Å². The van der Waals surface area contributed by atoms with Gasteiger partial charge in [-0.1, -0.05) is 6.92 Å². The minimum absolute atomic E-state index is 0.109. The second-order valence-electron chi connectivity index (χ2n) is 3.67. The van der Waals surface area contributed by atoms with Crippen LogP contribution in [0, 0.1) is 5.82 Å². The van der Waals surface area contributed by atoms with Crippen molar-refractivity contribution in [2.75, 3.05) is 6.54 Å². The molecule has 0 aliphatic rings. The standard InChI is InChI=1S/C12H18FNO/c1-3-9(2)15-12-7-10(4-5-14)6-11(13)8-12/h6-9H,3-5,14H2,1-2H3. The quantitative estimate of drug-likeness (QED) is 0.812. The number of halogens is 1. The predicted molar refractivity (Wildman–Crippen MR) is 59.5 cm³/mol. The van der Waals surface area contributed by atoms with Crippen molar-refractivity contribution in [3.63, 3.8) is 0 Å². The van der Waals surface area contributed by atoms with E-state index in [0.717, 1.165) is 12.0 Å². The van der Waals surface area contributed by atoms with Crippen LogP contribution in [0.4, 0.5) is 4.39 Å². The van der Waals surface area contributed by atoms with Gasteiger partial charge in [-0.25, -0.2) is 4.39 Å². The molecule has 0 bridgehead atoms. The Kier molecular flexibility index (Phi) is 4.56. The van der Waals surface area contributed by atoms with Gasteiger partial charge in [-0.05, 0) is 44.0 Å². The molecule has 0 spiro atoms. The van der Waals surface area contributed by atoms with Gasteiger partial charge in [0.05, 0.1) is 6.10 Å². The van der Waals surface area contributed by atoms with Crippen molar-refractivity contribution in [1.82, 2.24) is 0 Å². The molecule has 84 valence electrons. The zero-order valence-electron chi connectivity index (χ0n) is 9.29. The molecule has 1 unspecified atom stereocenters. The molecule has 3 heteroatoms. The molecule has 0 heterocycles. The Morgan fingerprint density at radius 1 is 1.40 bits per heavy atom. The number of benzene rings is 1. The lowest BCUT2D eigenvalue weighted by molar-refractivity contribution is 0.216. The van der Waals surface area contributed by atoms with Crippen LogP contribution in [0.2, 0.25) is 0 Å². The van der Waals surface area contributed by atoms with E-state index in [4.69, 9.17) is 10.5 Å². The van der Waals surface area contributed by atoms with Crippen LogP contribution in [0.1, 0.15) is 25.8 Å². The summed E-state index contributed by atoms with van der Waals surface area (Å²) >= 11 is 0. The molecule has 1 atom stereocenters. The van der Waals surface area contributed by atoms with Crippen LogP contribution in [0.25, 0.3) is 0 Å². The zero-order chi connectivity index (χ0) is 11.3. The highest BCUT2D eigenvalue weighted by Gasteiger charge is 2.04. The van der Waals surface area contributed by atoms with Crippen LogP contribution >= 0.6 is 0 Å². The summed E-state index contributed by atoms with van der Waals surface area (Å²) in [6.07, 6.45) is 1.69. The summed E-state index contributed by atoms with van der Waals surface area (Å²) in [7, 11) is 0. The van der Waals surface area contributed by atoms with E-state index in [1.54, 1.807) is 0 Å². The summed E-state index contributed by atoms with van der Waals surface area (Å²) in [5.41, 5.74) is 6.31. The van der Waals surface area contributed by atoms with Gasteiger partial charge < -0.3 is 10.5 Å². The molecule has 0 fully saturated rings. The molecule has 1 aromatic carbocycles. The fourth-order valence-corrected chi connectivity index (χ4v) is 1.32. The van der Waals surface area contributed by atoms with Crippen LogP contribution in [0.15, 0.2) is 18.2 Å². The van der Waals surface area contributed by atoms with Gasteiger partial charge in [0.2, 0.25) is 0 Å². The van der Waals surface area contributed by atoms with Crippen molar-refractivity contribution in [2.45, 2.75) is 32.8 Å². The van der Waals surface area contributed by atoms with E-state index in [0.29, 0.717) is 18.7 Å². The SMILES string of the molecule is CCC(C)Oc1cc(F)cc(CCN)c1.